The molecule has 224 valence electrons. The highest BCUT2D eigenvalue weighted by atomic mass is 35.5. The molecule has 3 rings (SSSR count). The molecule has 0 unspecified atom stereocenters. The number of aliphatic carboxylic acids is 1. The van der Waals surface area contributed by atoms with Crippen molar-refractivity contribution in [3.05, 3.63) is 65.2 Å². The van der Waals surface area contributed by atoms with Crippen LogP contribution in [0.15, 0.2) is 48.5 Å². The van der Waals surface area contributed by atoms with Crippen LogP contribution >= 0.6 is 24.8 Å². The predicted molar refractivity (Wildman–Crippen MR) is 162 cm³/mol. The summed E-state index contributed by atoms with van der Waals surface area (Å²) >= 11 is 0. The normalized spacial score (nSPS) is 13.5. The highest BCUT2D eigenvalue weighted by Gasteiger charge is 2.28. The van der Waals surface area contributed by atoms with Crippen molar-refractivity contribution >= 4 is 70.2 Å². The van der Waals surface area contributed by atoms with Gasteiger partial charge < -0.3 is 25.6 Å². The zero-order valence-corrected chi connectivity index (χ0v) is 24.6. The van der Waals surface area contributed by atoms with Gasteiger partial charge in [0.05, 0.1) is 18.1 Å². The minimum atomic E-state index is -4.38. The van der Waals surface area contributed by atoms with Crippen LogP contribution in [0.4, 0.5) is 5.69 Å². The summed E-state index contributed by atoms with van der Waals surface area (Å²) < 4.78 is 32.7. The lowest BCUT2D eigenvalue weighted by Crippen LogP contribution is -2.40. The molecule has 15 heteroatoms. The number of piperidine rings is 1. The zero-order valence-electron chi connectivity index (χ0n) is 22.1. The van der Waals surface area contributed by atoms with Gasteiger partial charge in [-0.2, -0.15) is 0 Å². The number of nitrogens with zero attached hydrogens (tertiary/aromatic N) is 2. The van der Waals surface area contributed by atoms with E-state index in [1.165, 1.54) is 18.2 Å². The summed E-state index contributed by atoms with van der Waals surface area (Å²) in [4.78, 5) is 25.2. The number of likely N-dealkylation sites (tertiary alicyclic amines) is 1. The number of hydrogen-bond donors (Lipinski definition) is 5. The average Bonchev–Trinajstić information content (AvgIpc) is 2.86. The molecule has 0 aliphatic carbocycles. The Labute approximate surface area is 250 Å². The van der Waals surface area contributed by atoms with E-state index in [2.05, 4.69) is 0 Å². The van der Waals surface area contributed by atoms with Crippen LogP contribution < -0.4 is 14.8 Å². The molecular formula is C26H33Cl2N5O7S. The molecule has 1 saturated heterocycles. The molecule has 12 nitrogen and oxygen atoms in total. The number of carboxylic acids is 2. The van der Waals surface area contributed by atoms with Gasteiger partial charge in [0.15, 0.2) is 5.75 Å². The van der Waals surface area contributed by atoms with Gasteiger partial charge in [0.2, 0.25) is 10.0 Å². The maximum absolute atomic E-state index is 13.0. The van der Waals surface area contributed by atoms with Crippen LogP contribution in [0.2, 0.25) is 0 Å². The third kappa shape index (κ3) is 9.66. The second kappa shape index (κ2) is 15.3. The molecule has 1 fully saturated rings. The molecule has 0 bridgehead atoms. The first kappa shape index (κ1) is 35.2. The lowest BCUT2D eigenvalue weighted by molar-refractivity contribution is -0.134. The smallest absolute Gasteiger partial charge is 0.339 e. The molecular weight excluding hydrogens is 597 g/mol. The molecule has 1 aliphatic heterocycles. The van der Waals surface area contributed by atoms with Crippen molar-refractivity contribution in [2.75, 3.05) is 29.7 Å². The van der Waals surface area contributed by atoms with E-state index in [-0.39, 0.29) is 60.3 Å². The second-order valence-electron chi connectivity index (χ2n) is 9.00. The number of benzene rings is 2. The monoisotopic (exact) mass is 629 g/mol. The summed E-state index contributed by atoms with van der Waals surface area (Å²) in [6.07, 6.45) is 3.98. The number of nitrogens with one attached hydrogen (secondary N) is 2. The summed E-state index contributed by atoms with van der Waals surface area (Å²) in [6.45, 7) is 2.62. The van der Waals surface area contributed by atoms with Crippen LogP contribution in [0.1, 0.15) is 41.3 Å². The third-order valence-corrected chi connectivity index (χ3v) is 7.76. The van der Waals surface area contributed by atoms with Crippen molar-refractivity contribution in [3.63, 3.8) is 0 Å². The summed E-state index contributed by atoms with van der Waals surface area (Å²) in [6, 6.07) is 10.6. The van der Waals surface area contributed by atoms with Crippen LogP contribution in [0.25, 0.3) is 6.08 Å². The van der Waals surface area contributed by atoms with E-state index in [9.17, 15) is 23.1 Å². The first-order valence-electron chi connectivity index (χ1n) is 12.0. The molecule has 2 aromatic carbocycles. The van der Waals surface area contributed by atoms with Gasteiger partial charge in [-0.25, -0.2) is 13.2 Å². The van der Waals surface area contributed by atoms with Gasteiger partial charge in [-0.1, -0.05) is 30.4 Å². The van der Waals surface area contributed by atoms with Crippen molar-refractivity contribution < 1.29 is 33.0 Å². The maximum atomic E-state index is 13.0. The van der Waals surface area contributed by atoms with Crippen molar-refractivity contribution in [2.45, 2.75) is 25.9 Å². The maximum Gasteiger partial charge on any atom is 0.339 e. The van der Waals surface area contributed by atoms with Crippen LogP contribution in [-0.2, 0) is 14.8 Å². The number of sulfonamides is 1. The Morgan fingerprint density at radius 3 is 2.34 bits per heavy atom. The molecule has 1 heterocycles. The summed E-state index contributed by atoms with van der Waals surface area (Å²) in [5.74, 6) is -3.67. The van der Waals surface area contributed by atoms with Gasteiger partial charge in [-0.15, -0.1) is 24.8 Å². The number of amidine groups is 2. The molecule has 0 aromatic heterocycles. The predicted octanol–water partition coefficient (Wildman–Crippen LogP) is 3.29. The Hall–Kier alpha value is -3.81. The number of halogens is 2. The topological polar surface area (TPSA) is 198 Å². The Morgan fingerprint density at radius 1 is 1.12 bits per heavy atom. The van der Waals surface area contributed by atoms with Gasteiger partial charge in [-0.05, 0) is 36.8 Å². The number of carboxylic acid groups (broad SMARTS) is 2. The second-order valence-corrected chi connectivity index (χ2v) is 10.9. The largest absolute Gasteiger partial charge is 0.489 e. The van der Waals surface area contributed by atoms with E-state index in [1.54, 1.807) is 37.3 Å². The zero-order chi connectivity index (χ0) is 28.7. The molecule has 41 heavy (non-hydrogen) atoms. The minimum Gasteiger partial charge on any atom is -0.489 e. The van der Waals surface area contributed by atoms with Gasteiger partial charge in [-0.3, -0.25) is 19.9 Å². The number of nitrogen functional groups attached to an aromatic ring is 1. The molecule has 0 atom stereocenters. The fourth-order valence-electron chi connectivity index (χ4n) is 4.14. The number of ether oxygens (including phenoxy) is 1. The number of nitrogens with two attached hydrogens (primary N) is 1. The lowest BCUT2D eigenvalue weighted by atomic mass is 10.1. The van der Waals surface area contributed by atoms with Crippen LogP contribution in [0.5, 0.6) is 5.75 Å². The van der Waals surface area contributed by atoms with Crippen LogP contribution in [0, 0.1) is 10.8 Å². The fraction of sp³-hybridized carbons (Fsp3) is 0.308. The van der Waals surface area contributed by atoms with Gasteiger partial charge in [0, 0.05) is 31.5 Å². The van der Waals surface area contributed by atoms with Crippen molar-refractivity contribution in [1.82, 2.24) is 4.90 Å². The summed E-state index contributed by atoms with van der Waals surface area (Å²) in [7, 11) is -4.38. The Balaban J connectivity index is 0.00000420. The van der Waals surface area contributed by atoms with E-state index in [0.29, 0.717) is 42.9 Å². The number of carbonyl (C=O) groups is 2. The highest BCUT2D eigenvalue weighted by Crippen LogP contribution is 2.29. The van der Waals surface area contributed by atoms with Crippen molar-refractivity contribution in [1.29, 1.82) is 10.8 Å². The number of rotatable bonds is 11. The SMILES string of the molecule is CC(=N)N1CCC(Oc2ccc(N(C/C=C/c3cccc(C(=N)N)c3)S(=O)(=O)CC(=O)O)cc2C(=O)O)CC1.Cl.Cl. The summed E-state index contributed by atoms with van der Waals surface area (Å²) in [5.41, 5.74) is 6.34. The molecule has 1 aliphatic rings. The van der Waals surface area contributed by atoms with Crippen LogP contribution in [-0.4, -0.2) is 78.6 Å². The van der Waals surface area contributed by atoms with Crippen LogP contribution in [0.3, 0.4) is 0 Å². The Morgan fingerprint density at radius 2 is 1.78 bits per heavy atom. The number of hydrogen-bond acceptors (Lipinski definition) is 7. The van der Waals surface area contributed by atoms with E-state index >= 15 is 0 Å². The fourth-order valence-corrected chi connectivity index (χ4v) is 5.36. The third-order valence-electron chi connectivity index (χ3n) is 6.11. The number of anilines is 1. The molecule has 6 N–H and O–H groups in total. The summed E-state index contributed by atoms with van der Waals surface area (Å²) in [5, 5.41) is 34.3. The van der Waals surface area contributed by atoms with Gasteiger partial charge in [0.25, 0.3) is 0 Å². The molecule has 0 radical (unpaired) electrons. The van der Waals surface area contributed by atoms with Crippen molar-refractivity contribution in [3.8, 4) is 5.75 Å². The van der Waals surface area contributed by atoms with E-state index < -0.39 is 27.7 Å². The van der Waals surface area contributed by atoms with Crippen molar-refractivity contribution in [2.24, 2.45) is 5.73 Å². The quantitative estimate of drug-likeness (QED) is 0.183. The number of aromatic carboxylic acids is 1. The first-order valence-corrected chi connectivity index (χ1v) is 13.7. The highest BCUT2D eigenvalue weighted by molar-refractivity contribution is 7.93. The lowest BCUT2D eigenvalue weighted by Gasteiger charge is -2.33. The first-order chi connectivity index (χ1) is 18.4. The van der Waals surface area contributed by atoms with Gasteiger partial charge in [0.1, 0.15) is 23.3 Å². The molecule has 0 saturated carbocycles. The Kier molecular flexibility index (Phi) is 13.1. The molecule has 0 spiro atoms. The van der Waals surface area contributed by atoms with Gasteiger partial charge >= 0.3 is 11.9 Å². The average molecular weight is 631 g/mol. The van der Waals surface area contributed by atoms with E-state index in [1.807, 2.05) is 4.90 Å². The van der Waals surface area contributed by atoms with E-state index in [4.69, 9.17) is 26.4 Å². The van der Waals surface area contributed by atoms with E-state index in [0.717, 1.165) is 10.4 Å². The molecule has 2 aromatic rings. The Bertz CT molecular complexity index is 1410. The standard InChI is InChI=1S/C26H31N5O7S.2ClH/c1-17(27)30-12-9-21(10-13-30)38-23-8-7-20(15-22(23)26(34)35)31(39(36,37)16-24(32)33)11-3-5-18-4-2-6-19(14-18)25(28)29;;/h2-8,14-15,21,27H,9-13,16H2,1H3,(H3,28,29)(H,32,33)(H,34,35);2*1H/b5-3+,27-17?;;. The minimum absolute atomic E-state index is 0. The molecule has 0 amide bonds.